The van der Waals surface area contributed by atoms with Crippen LogP contribution in [0.1, 0.15) is 39.2 Å². The fourth-order valence-corrected chi connectivity index (χ4v) is 2.48. The van der Waals surface area contributed by atoms with Crippen LogP contribution in [0.15, 0.2) is 18.2 Å². The van der Waals surface area contributed by atoms with Crippen LogP contribution in [0, 0.1) is 17.6 Å². The third-order valence-corrected chi connectivity index (χ3v) is 3.86. The third kappa shape index (κ3) is 6.42. The highest BCUT2D eigenvalue weighted by molar-refractivity contribution is 5.82. The molecule has 26 heavy (non-hydrogen) atoms. The maximum Gasteiger partial charge on any atom is 0.326 e. The lowest BCUT2D eigenvalue weighted by molar-refractivity contribution is -0.142. The van der Waals surface area contributed by atoms with Crippen molar-refractivity contribution in [2.75, 3.05) is 6.54 Å². The average molecular weight is 370 g/mol. The summed E-state index contributed by atoms with van der Waals surface area (Å²) in [7, 11) is 0. The van der Waals surface area contributed by atoms with Gasteiger partial charge in [0, 0.05) is 32.0 Å². The van der Waals surface area contributed by atoms with E-state index < -0.39 is 23.6 Å². The van der Waals surface area contributed by atoms with E-state index in [0.717, 1.165) is 12.5 Å². The van der Waals surface area contributed by atoms with E-state index in [1.165, 1.54) is 19.1 Å². The zero-order valence-electron chi connectivity index (χ0n) is 15.1. The second-order valence-electron chi connectivity index (χ2n) is 6.39. The minimum Gasteiger partial charge on any atom is -0.480 e. The molecule has 2 rings (SSSR count). The van der Waals surface area contributed by atoms with Gasteiger partial charge >= 0.3 is 5.97 Å². The summed E-state index contributed by atoms with van der Waals surface area (Å²) in [4.78, 5) is 33.8. The monoisotopic (exact) mass is 370 g/mol. The van der Waals surface area contributed by atoms with Gasteiger partial charge in [-0.2, -0.15) is 0 Å². The second-order valence-corrected chi connectivity index (χ2v) is 6.39. The van der Waals surface area contributed by atoms with Gasteiger partial charge in [-0.05, 0) is 18.4 Å². The minimum absolute atomic E-state index is 0.0126. The number of halogens is 2. The predicted molar refractivity (Wildman–Crippen MR) is 91.1 cm³/mol. The predicted octanol–water partition coefficient (Wildman–Crippen LogP) is 2.32. The van der Waals surface area contributed by atoms with Gasteiger partial charge < -0.3 is 15.3 Å². The van der Waals surface area contributed by atoms with Crippen molar-refractivity contribution in [2.24, 2.45) is 5.92 Å². The Labute approximate surface area is 151 Å². The first-order valence-electron chi connectivity index (χ1n) is 8.34. The van der Waals surface area contributed by atoms with Crippen LogP contribution in [0.25, 0.3) is 0 Å². The number of carbonyl (C=O) groups excluding carboxylic acids is 2. The van der Waals surface area contributed by atoms with E-state index in [1.54, 1.807) is 18.7 Å². The van der Waals surface area contributed by atoms with Crippen molar-refractivity contribution in [1.82, 2.24) is 10.2 Å². The number of hydrogen-bond acceptors (Lipinski definition) is 3. The largest absolute Gasteiger partial charge is 0.480 e. The summed E-state index contributed by atoms with van der Waals surface area (Å²) in [5.74, 6) is -3.09. The number of nitrogens with one attached hydrogen (secondary N) is 1. The number of aliphatic carboxylic acids is 1. The van der Waals surface area contributed by atoms with E-state index >= 15 is 0 Å². The molecule has 1 aliphatic rings. The summed E-state index contributed by atoms with van der Waals surface area (Å²) in [5.41, 5.74) is 0.241. The second kappa shape index (κ2) is 9.84. The smallest absolute Gasteiger partial charge is 0.326 e. The van der Waals surface area contributed by atoms with E-state index in [2.05, 4.69) is 5.32 Å². The van der Waals surface area contributed by atoms with Crippen molar-refractivity contribution in [3.63, 3.8) is 0 Å². The molecule has 2 amide bonds. The number of amides is 2. The average Bonchev–Trinajstić information content (AvgIpc) is 2.94. The zero-order valence-corrected chi connectivity index (χ0v) is 15.1. The van der Waals surface area contributed by atoms with Gasteiger partial charge in [-0.15, -0.1) is 0 Å². The lowest BCUT2D eigenvalue weighted by Crippen LogP contribution is -2.43. The van der Waals surface area contributed by atoms with Crippen LogP contribution in [0.3, 0.4) is 0 Å². The Kier molecular flexibility index (Phi) is 8.15. The van der Waals surface area contributed by atoms with Crippen LogP contribution in [0.4, 0.5) is 8.78 Å². The first-order valence-corrected chi connectivity index (χ1v) is 8.34. The van der Waals surface area contributed by atoms with Gasteiger partial charge in [-0.3, -0.25) is 9.59 Å². The number of nitrogens with zero attached hydrogens (tertiary/aromatic N) is 1. The molecule has 144 valence electrons. The molecule has 6 nitrogen and oxygen atoms in total. The normalized spacial score (nSPS) is 14.7. The number of benzene rings is 1. The minimum atomic E-state index is -0.991. The highest BCUT2D eigenvalue weighted by Gasteiger charge is 2.22. The van der Waals surface area contributed by atoms with Gasteiger partial charge in [0.1, 0.15) is 6.04 Å². The van der Waals surface area contributed by atoms with Crippen LogP contribution in [-0.2, 0) is 20.9 Å². The lowest BCUT2D eigenvalue weighted by atomic mass is 10.1. The molecular formula is C18H24F2N2O4. The van der Waals surface area contributed by atoms with E-state index in [-0.39, 0.29) is 29.8 Å². The Bertz CT molecular complexity index is 665. The van der Waals surface area contributed by atoms with Crippen molar-refractivity contribution in [2.45, 2.75) is 46.2 Å². The molecule has 0 spiro atoms. The number of carboxylic acid groups (broad SMARTS) is 1. The van der Waals surface area contributed by atoms with Gasteiger partial charge in [-0.25, -0.2) is 13.6 Å². The molecule has 1 unspecified atom stereocenters. The van der Waals surface area contributed by atoms with E-state index in [9.17, 15) is 23.2 Å². The molecule has 0 radical (unpaired) electrons. The van der Waals surface area contributed by atoms with Crippen molar-refractivity contribution in [1.29, 1.82) is 0 Å². The molecular weight excluding hydrogens is 346 g/mol. The maximum atomic E-state index is 13.3. The molecule has 1 aromatic rings. The SMILES string of the molecule is CC(=O)NC(C(=O)O)C(C)C.O=C1CCCN1Cc1cccc(F)c1F. The van der Waals surface area contributed by atoms with Crippen LogP contribution >= 0.6 is 0 Å². The van der Waals surface area contributed by atoms with Gasteiger partial charge in [-0.1, -0.05) is 26.0 Å². The van der Waals surface area contributed by atoms with Crippen molar-refractivity contribution in [3.8, 4) is 0 Å². The Morgan fingerprint density at radius 2 is 1.96 bits per heavy atom. The molecule has 0 aromatic heterocycles. The molecule has 8 heteroatoms. The highest BCUT2D eigenvalue weighted by atomic mass is 19.2. The molecule has 1 saturated heterocycles. The van der Waals surface area contributed by atoms with Gasteiger partial charge in [0.05, 0.1) is 0 Å². The first-order chi connectivity index (χ1) is 12.1. The summed E-state index contributed by atoms with van der Waals surface area (Å²) in [6.45, 7) is 5.60. The maximum absolute atomic E-state index is 13.3. The summed E-state index contributed by atoms with van der Waals surface area (Å²) in [6.07, 6.45) is 1.31. The first kappa shape index (κ1) is 21.5. The van der Waals surface area contributed by atoms with Crippen LogP contribution in [0.2, 0.25) is 0 Å². The van der Waals surface area contributed by atoms with E-state index in [4.69, 9.17) is 5.11 Å². The lowest BCUT2D eigenvalue weighted by Gasteiger charge is -2.16. The number of carbonyl (C=O) groups is 3. The van der Waals surface area contributed by atoms with Crippen molar-refractivity contribution < 1.29 is 28.3 Å². The van der Waals surface area contributed by atoms with Crippen LogP contribution in [-0.4, -0.2) is 40.4 Å². The van der Waals surface area contributed by atoms with Gasteiger partial charge in [0.2, 0.25) is 11.8 Å². The van der Waals surface area contributed by atoms with Crippen molar-refractivity contribution >= 4 is 17.8 Å². The Morgan fingerprint density at radius 1 is 1.31 bits per heavy atom. The fourth-order valence-electron chi connectivity index (χ4n) is 2.48. The number of likely N-dealkylation sites (tertiary alicyclic amines) is 1. The highest BCUT2D eigenvalue weighted by Crippen LogP contribution is 2.17. The van der Waals surface area contributed by atoms with Crippen molar-refractivity contribution in [3.05, 3.63) is 35.4 Å². The molecule has 1 heterocycles. The Morgan fingerprint density at radius 3 is 2.38 bits per heavy atom. The molecule has 0 aliphatic carbocycles. The number of hydrogen-bond donors (Lipinski definition) is 2. The summed E-state index contributed by atoms with van der Waals surface area (Å²) in [5, 5.41) is 10.9. The standard InChI is InChI=1S/C11H11F2NO.C7H13NO3/c12-9-4-1-3-8(11(9)13)7-14-6-2-5-10(14)15;1-4(2)6(7(10)11)8-5(3)9/h1,3-4H,2,5-7H2;4,6H,1-3H3,(H,8,9)(H,10,11). The molecule has 1 fully saturated rings. The zero-order chi connectivity index (χ0) is 19.9. The van der Waals surface area contributed by atoms with Crippen LogP contribution in [0.5, 0.6) is 0 Å². The Hall–Kier alpha value is -2.51. The molecule has 2 N–H and O–H groups in total. The van der Waals surface area contributed by atoms with E-state index in [0.29, 0.717) is 13.0 Å². The van der Waals surface area contributed by atoms with E-state index in [1.807, 2.05) is 0 Å². The molecule has 1 aliphatic heterocycles. The Balaban J connectivity index is 0.000000276. The summed E-state index contributed by atoms with van der Waals surface area (Å²) >= 11 is 0. The third-order valence-electron chi connectivity index (χ3n) is 3.86. The van der Waals surface area contributed by atoms with Gasteiger partial charge in [0.25, 0.3) is 0 Å². The number of carboxylic acids is 1. The molecule has 1 atom stereocenters. The molecule has 1 aromatic carbocycles. The molecule has 0 saturated carbocycles. The summed E-state index contributed by atoms with van der Waals surface area (Å²) < 4.78 is 26.1. The fraction of sp³-hybridized carbons (Fsp3) is 0.500. The molecule has 0 bridgehead atoms. The number of rotatable bonds is 5. The topological polar surface area (TPSA) is 86.7 Å². The van der Waals surface area contributed by atoms with Gasteiger partial charge in [0.15, 0.2) is 11.6 Å². The summed E-state index contributed by atoms with van der Waals surface area (Å²) in [6, 6.07) is 3.26. The quantitative estimate of drug-likeness (QED) is 0.833. The van der Waals surface area contributed by atoms with Crippen LogP contribution < -0.4 is 5.32 Å².